The molecule has 3 heteroatoms. The van der Waals surface area contributed by atoms with Crippen LogP contribution in [0.3, 0.4) is 0 Å². The van der Waals surface area contributed by atoms with Gasteiger partial charge >= 0.3 is 0 Å². The van der Waals surface area contributed by atoms with Crippen LogP contribution in [-0.2, 0) is 0 Å². The van der Waals surface area contributed by atoms with Crippen LogP contribution >= 0.6 is 11.6 Å². The molecule has 0 amide bonds. The summed E-state index contributed by atoms with van der Waals surface area (Å²) in [4.78, 5) is 4.22. The van der Waals surface area contributed by atoms with Gasteiger partial charge in [0.25, 0.3) is 0 Å². The zero-order valence-electron chi connectivity index (χ0n) is 7.63. The molecule has 1 atom stereocenters. The SMILES string of the molecule is C=C(Cl)CN[C@H](C)c1ccccn1. The van der Waals surface area contributed by atoms with E-state index in [2.05, 4.69) is 16.9 Å². The highest BCUT2D eigenvalue weighted by Crippen LogP contribution is 2.08. The zero-order valence-corrected chi connectivity index (χ0v) is 8.38. The van der Waals surface area contributed by atoms with Crippen molar-refractivity contribution in [3.63, 3.8) is 0 Å². The van der Waals surface area contributed by atoms with E-state index >= 15 is 0 Å². The first kappa shape index (κ1) is 10.2. The van der Waals surface area contributed by atoms with Crippen molar-refractivity contribution in [3.8, 4) is 0 Å². The third kappa shape index (κ3) is 3.57. The van der Waals surface area contributed by atoms with E-state index in [9.17, 15) is 0 Å². The van der Waals surface area contributed by atoms with Crippen LogP contribution in [0, 0.1) is 0 Å². The molecule has 0 aliphatic carbocycles. The molecule has 0 aromatic carbocycles. The molecular formula is C10H13ClN2. The number of pyridine rings is 1. The number of nitrogens with zero attached hydrogens (tertiary/aromatic N) is 1. The molecule has 0 unspecified atom stereocenters. The first-order valence-electron chi connectivity index (χ1n) is 4.17. The van der Waals surface area contributed by atoms with Gasteiger partial charge in [-0.25, -0.2) is 0 Å². The maximum Gasteiger partial charge on any atom is 0.0570 e. The van der Waals surface area contributed by atoms with Crippen molar-refractivity contribution in [2.75, 3.05) is 6.54 Å². The maximum atomic E-state index is 5.63. The van der Waals surface area contributed by atoms with Crippen LogP contribution in [0.25, 0.3) is 0 Å². The summed E-state index contributed by atoms with van der Waals surface area (Å²) in [5.74, 6) is 0. The van der Waals surface area contributed by atoms with E-state index in [1.807, 2.05) is 25.1 Å². The molecule has 0 bridgehead atoms. The first-order valence-corrected chi connectivity index (χ1v) is 4.55. The van der Waals surface area contributed by atoms with E-state index in [4.69, 9.17) is 11.6 Å². The Kier molecular flexibility index (Phi) is 3.93. The topological polar surface area (TPSA) is 24.9 Å². The number of nitrogens with one attached hydrogen (secondary N) is 1. The molecule has 0 aliphatic heterocycles. The van der Waals surface area contributed by atoms with Crippen LogP contribution < -0.4 is 5.32 Å². The van der Waals surface area contributed by atoms with Gasteiger partial charge in [-0.1, -0.05) is 24.2 Å². The summed E-state index contributed by atoms with van der Waals surface area (Å²) in [5.41, 5.74) is 1.01. The molecule has 0 radical (unpaired) electrons. The molecule has 1 aromatic heterocycles. The fraction of sp³-hybridized carbons (Fsp3) is 0.300. The Hall–Kier alpha value is -0.860. The Morgan fingerprint density at radius 1 is 1.69 bits per heavy atom. The van der Waals surface area contributed by atoms with Crippen LogP contribution in [-0.4, -0.2) is 11.5 Å². The van der Waals surface area contributed by atoms with Crippen LogP contribution in [0.4, 0.5) is 0 Å². The minimum Gasteiger partial charge on any atom is -0.304 e. The predicted octanol–water partition coefficient (Wildman–Crippen LogP) is 2.48. The number of hydrogen-bond acceptors (Lipinski definition) is 2. The molecular weight excluding hydrogens is 184 g/mol. The summed E-state index contributed by atoms with van der Waals surface area (Å²) in [6, 6.07) is 6.05. The summed E-state index contributed by atoms with van der Waals surface area (Å²) in [7, 11) is 0. The Labute approximate surface area is 83.6 Å². The van der Waals surface area contributed by atoms with Gasteiger partial charge in [0.2, 0.25) is 0 Å². The summed E-state index contributed by atoms with van der Waals surface area (Å²) in [6.45, 7) is 6.26. The van der Waals surface area contributed by atoms with Crippen LogP contribution in [0.1, 0.15) is 18.7 Å². The fourth-order valence-corrected chi connectivity index (χ4v) is 1.08. The predicted molar refractivity (Wildman–Crippen MR) is 55.6 cm³/mol. The van der Waals surface area contributed by atoms with Crippen molar-refractivity contribution in [1.29, 1.82) is 0 Å². The Morgan fingerprint density at radius 3 is 3.00 bits per heavy atom. The monoisotopic (exact) mass is 196 g/mol. The molecule has 70 valence electrons. The minimum atomic E-state index is 0.205. The normalized spacial score (nSPS) is 12.5. The van der Waals surface area contributed by atoms with Crippen LogP contribution in [0.15, 0.2) is 36.0 Å². The van der Waals surface area contributed by atoms with Crippen molar-refractivity contribution in [1.82, 2.24) is 10.3 Å². The van der Waals surface area contributed by atoms with Gasteiger partial charge in [0.15, 0.2) is 0 Å². The summed E-state index contributed by atoms with van der Waals surface area (Å²) < 4.78 is 0. The smallest absolute Gasteiger partial charge is 0.0570 e. The molecule has 0 aliphatic rings. The maximum absolute atomic E-state index is 5.63. The lowest BCUT2D eigenvalue weighted by Crippen LogP contribution is -2.20. The third-order valence-corrected chi connectivity index (χ3v) is 1.87. The first-order chi connectivity index (χ1) is 6.20. The number of hydrogen-bond donors (Lipinski definition) is 1. The molecule has 1 rings (SSSR count). The number of rotatable bonds is 4. The van der Waals surface area contributed by atoms with E-state index in [-0.39, 0.29) is 6.04 Å². The molecule has 0 saturated heterocycles. The van der Waals surface area contributed by atoms with Crippen molar-refractivity contribution in [2.45, 2.75) is 13.0 Å². The molecule has 0 saturated carbocycles. The van der Waals surface area contributed by atoms with E-state index in [1.54, 1.807) is 6.20 Å². The molecule has 1 N–H and O–H groups in total. The van der Waals surface area contributed by atoms with Crippen molar-refractivity contribution in [3.05, 3.63) is 41.7 Å². The molecule has 0 spiro atoms. The van der Waals surface area contributed by atoms with Gasteiger partial charge in [-0.05, 0) is 19.1 Å². The van der Waals surface area contributed by atoms with Crippen LogP contribution in [0.2, 0.25) is 0 Å². The average molecular weight is 197 g/mol. The highest BCUT2D eigenvalue weighted by molar-refractivity contribution is 6.29. The lowest BCUT2D eigenvalue weighted by Gasteiger charge is -2.11. The highest BCUT2D eigenvalue weighted by atomic mass is 35.5. The van der Waals surface area contributed by atoms with Gasteiger partial charge in [0, 0.05) is 23.8 Å². The lowest BCUT2D eigenvalue weighted by molar-refractivity contribution is 0.598. The average Bonchev–Trinajstić information content (AvgIpc) is 2.15. The van der Waals surface area contributed by atoms with Gasteiger partial charge in [-0.3, -0.25) is 4.98 Å². The van der Waals surface area contributed by atoms with Gasteiger partial charge in [-0.2, -0.15) is 0 Å². The van der Waals surface area contributed by atoms with Crippen molar-refractivity contribution < 1.29 is 0 Å². The molecule has 0 fully saturated rings. The van der Waals surface area contributed by atoms with E-state index in [0.717, 1.165) is 5.69 Å². The Balaban J connectivity index is 2.49. The van der Waals surface area contributed by atoms with Crippen molar-refractivity contribution in [2.24, 2.45) is 0 Å². The molecule has 1 aromatic rings. The van der Waals surface area contributed by atoms with E-state index in [1.165, 1.54) is 0 Å². The summed E-state index contributed by atoms with van der Waals surface area (Å²) >= 11 is 5.63. The minimum absolute atomic E-state index is 0.205. The second-order valence-corrected chi connectivity index (χ2v) is 3.41. The molecule has 1 heterocycles. The Morgan fingerprint density at radius 2 is 2.46 bits per heavy atom. The van der Waals surface area contributed by atoms with Crippen molar-refractivity contribution >= 4 is 11.6 Å². The second kappa shape index (κ2) is 5.00. The van der Waals surface area contributed by atoms with E-state index in [0.29, 0.717) is 11.6 Å². The Bertz CT molecular complexity index is 272. The van der Waals surface area contributed by atoms with Gasteiger partial charge in [0.1, 0.15) is 0 Å². The summed E-state index contributed by atoms with van der Waals surface area (Å²) in [5, 5.41) is 3.82. The largest absolute Gasteiger partial charge is 0.304 e. The van der Waals surface area contributed by atoms with Gasteiger partial charge < -0.3 is 5.32 Å². The number of aromatic nitrogens is 1. The molecule has 13 heavy (non-hydrogen) atoms. The summed E-state index contributed by atoms with van der Waals surface area (Å²) in [6.07, 6.45) is 1.78. The lowest BCUT2D eigenvalue weighted by atomic mass is 10.2. The quantitative estimate of drug-likeness (QED) is 0.801. The van der Waals surface area contributed by atoms with Gasteiger partial charge in [0.05, 0.1) is 5.69 Å². The van der Waals surface area contributed by atoms with E-state index < -0.39 is 0 Å². The zero-order chi connectivity index (χ0) is 9.68. The number of halogens is 1. The van der Waals surface area contributed by atoms with Crippen LogP contribution in [0.5, 0.6) is 0 Å². The fourth-order valence-electron chi connectivity index (χ4n) is 1.00. The third-order valence-electron chi connectivity index (χ3n) is 1.73. The molecule has 2 nitrogen and oxygen atoms in total. The standard InChI is InChI=1S/C10H13ClN2/c1-8(11)7-13-9(2)10-5-3-4-6-12-10/h3-6,9,13H,1,7H2,2H3/t9-/m1/s1. The highest BCUT2D eigenvalue weighted by Gasteiger charge is 2.04. The van der Waals surface area contributed by atoms with Gasteiger partial charge in [-0.15, -0.1) is 0 Å². The second-order valence-electron chi connectivity index (χ2n) is 2.87.